The highest BCUT2D eigenvalue weighted by molar-refractivity contribution is 14.0. The van der Waals surface area contributed by atoms with Gasteiger partial charge in [0.05, 0.1) is 24.9 Å². The van der Waals surface area contributed by atoms with Crippen LogP contribution in [0.3, 0.4) is 0 Å². The number of benzene rings is 1. The van der Waals surface area contributed by atoms with Gasteiger partial charge in [-0.2, -0.15) is 0 Å². The van der Waals surface area contributed by atoms with Crippen LogP contribution in [0.25, 0.3) is 0 Å². The molecule has 3 aliphatic heterocycles. The van der Waals surface area contributed by atoms with E-state index in [9.17, 15) is 4.39 Å². The highest BCUT2D eigenvalue weighted by Gasteiger charge is 2.32. The molecular formula is C21H33FIN5O. The second kappa shape index (κ2) is 10.8. The minimum absolute atomic E-state index is 0. The molecule has 6 nitrogen and oxygen atoms in total. The van der Waals surface area contributed by atoms with E-state index in [1.807, 2.05) is 12.1 Å². The number of rotatable bonds is 4. The van der Waals surface area contributed by atoms with Crippen molar-refractivity contribution in [1.29, 1.82) is 0 Å². The maximum absolute atomic E-state index is 14.1. The van der Waals surface area contributed by atoms with Crippen LogP contribution in [0.1, 0.15) is 19.8 Å². The van der Waals surface area contributed by atoms with Gasteiger partial charge in [0.25, 0.3) is 0 Å². The molecule has 162 valence electrons. The summed E-state index contributed by atoms with van der Waals surface area (Å²) in [6.07, 6.45) is 2.74. The maximum Gasteiger partial charge on any atom is 0.194 e. The Morgan fingerprint density at radius 1 is 1.21 bits per heavy atom. The molecule has 1 N–H and O–H groups in total. The largest absolute Gasteiger partial charge is 0.373 e. The van der Waals surface area contributed by atoms with Gasteiger partial charge < -0.3 is 19.9 Å². The Labute approximate surface area is 190 Å². The first-order chi connectivity index (χ1) is 13.7. The van der Waals surface area contributed by atoms with Gasteiger partial charge in [0.2, 0.25) is 0 Å². The van der Waals surface area contributed by atoms with Gasteiger partial charge in [-0.1, -0.05) is 12.1 Å². The maximum atomic E-state index is 14.1. The average Bonchev–Trinajstić information content (AvgIpc) is 3.20. The van der Waals surface area contributed by atoms with E-state index in [-0.39, 0.29) is 35.9 Å². The molecule has 0 aromatic heterocycles. The predicted octanol–water partition coefficient (Wildman–Crippen LogP) is 2.39. The van der Waals surface area contributed by atoms with Gasteiger partial charge in [-0.25, -0.2) is 4.39 Å². The molecule has 1 aromatic carbocycles. The SMILES string of the molecule is CCNC(=NCC1CN2CCCC2CO1)N1CCN(c2ccccc2F)CC1.I. The number of piperazine rings is 1. The van der Waals surface area contributed by atoms with Crippen LogP contribution in [0.15, 0.2) is 29.3 Å². The molecule has 0 spiro atoms. The minimum Gasteiger partial charge on any atom is -0.373 e. The van der Waals surface area contributed by atoms with Crippen molar-refractivity contribution in [2.24, 2.45) is 4.99 Å². The molecule has 1 aromatic rings. The van der Waals surface area contributed by atoms with E-state index in [2.05, 4.69) is 26.9 Å². The number of nitrogens with zero attached hydrogens (tertiary/aromatic N) is 4. The normalized spacial score (nSPS) is 25.5. The number of aliphatic imine (C=N–C) groups is 1. The quantitative estimate of drug-likeness (QED) is 0.378. The van der Waals surface area contributed by atoms with Crippen LogP contribution in [0.2, 0.25) is 0 Å². The van der Waals surface area contributed by atoms with Crippen LogP contribution in [0.4, 0.5) is 10.1 Å². The lowest BCUT2D eigenvalue weighted by Crippen LogP contribution is -2.53. The van der Waals surface area contributed by atoms with Gasteiger partial charge in [0, 0.05) is 45.3 Å². The van der Waals surface area contributed by atoms with Crippen molar-refractivity contribution >= 4 is 35.6 Å². The van der Waals surface area contributed by atoms with Crippen molar-refractivity contribution in [2.45, 2.75) is 31.9 Å². The van der Waals surface area contributed by atoms with Gasteiger partial charge in [0.1, 0.15) is 5.82 Å². The summed E-state index contributed by atoms with van der Waals surface area (Å²) in [5.41, 5.74) is 0.694. The Morgan fingerprint density at radius 2 is 2.00 bits per heavy atom. The lowest BCUT2D eigenvalue weighted by molar-refractivity contribution is -0.0432. The number of halogens is 2. The van der Waals surface area contributed by atoms with Gasteiger partial charge in [-0.15, -0.1) is 24.0 Å². The summed E-state index contributed by atoms with van der Waals surface area (Å²) in [5, 5.41) is 3.42. The van der Waals surface area contributed by atoms with E-state index in [1.165, 1.54) is 25.5 Å². The molecular weight excluding hydrogens is 484 g/mol. The third-order valence-electron chi connectivity index (χ3n) is 6.01. The highest BCUT2D eigenvalue weighted by atomic mass is 127. The van der Waals surface area contributed by atoms with Crippen LogP contribution in [-0.4, -0.2) is 86.9 Å². The second-order valence-electron chi connectivity index (χ2n) is 7.87. The summed E-state index contributed by atoms with van der Waals surface area (Å²) in [6, 6.07) is 7.65. The van der Waals surface area contributed by atoms with E-state index in [0.29, 0.717) is 18.3 Å². The summed E-state index contributed by atoms with van der Waals surface area (Å²) in [7, 11) is 0. The fraction of sp³-hybridized carbons (Fsp3) is 0.667. The smallest absolute Gasteiger partial charge is 0.194 e. The van der Waals surface area contributed by atoms with Crippen LogP contribution in [-0.2, 0) is 4.74 Å². The van der Waals surface area contributed by atoms with Crippen LogP contribution < -0.4 is 10.2 Å². The monoisotopic (exact) mass is 517 g/mol. The number of hydrogen-bond acceptors (Lipinski definition) is 4. The third kappa shape index (κ3) is 5.52. The standard InChI is InChI=1S/C21H32FN5O.HI/c1-2-23-21(24-14-18-15-27-9-5-6-17(27)16-28-18)26-12-10-25(11-13-26)20-8-4-3-7-19(20)22;/h3-4,7-8,17-18H,2,5-6,9-16H2,1H3,(H,23,24);1H. The number of guanidine groups is 1. The highest BCUT2D eigenvalue weighted by Crippen LogP contribution is 2.23. The molecule has 4 rings (SSSR count). The number of nitrogens with one attached hydrogen (secondary N) is 1. The van der Waals surface area contributed by atoms with E-state index in [0.717, 1.165) is 51.8 Å². The molecule has 0 aliphatic carbocycles. The van der Waals surface area contributed by atoms with E-state index >= 15 is 0 Å². The number of morpholine rings is 1. The molecule has 0 radical (unpaired) electrons. The first-order valence-corrected chi connectivity index (χ1v) is 10.6. The Bertz CT molecular complexity index is 683. The van der Waals surface area contributed by atoms with Gasteiger partial charge in [0.15, 0.2) is 5.96 Å². The number of anilines is 1. The molecule has 2 atom stereocenters. The first kappa shape index (κ1) is 22.6. The van der Waals surface area contributed by atoms with Gasteiger partial charge in [-0.05, 0) is 38.4 Å². The number of hydrogen-bond donors (Lipinski definition) is 1. The zero-order valence-electron chi connectivity index (χ0n) is 17.2. The van der Waals surface area contributed by atoms with Crippen molar-refractivity contribution in [2.75, 3.05) is 63.9 Å². The van der Waals surface area contributed by atoms with Crippen molar-refractivity contribution < 1.29 is 9.13 Å². The lowest BCUT2D eigenvalue weighted by Gasteiger charge is -2.38. The van der Waals surface area contributed by atoms with E-state index in [4.69, 9.17) is 9.73 Å². The molecule has 0 saturated carbocycles. The Kier molecular flexibility index (Phi) is 8.37. The zero-order valence-corrected chi connectivity index (χ0v) is 19.6. The molecule has 0 bridgehead atoms. The molecule has 3 aliphatic rings. The fourth-order valence-electron chi connectivity index (χ4n) is 4.48. The van der Waals surface area contributed by atoms with Crippen molar-refractivity contribution in [1.82, 2.24) is 15.1 Å². The summed E-state index contributed by atoms with van der Waals surface area (Å²) in [6.45, 7) is 9.92. The summed E-state index contributed by atoms with van der Waals surface area (Å²) >= 11 is 0. The summed E-state index contributed by atoms with van der Waals surface area (Å²) in [5.74, 6) is 0.800. The van der Waals surface area contributed by atoms with Gasteiger partial charge in [-0.3, -0.25) is 9.89 Å². The predicted molar refractivity (Wildman–Crippen MR) is 126 cm³/mol. The Hall–Kier alpha value is -1.13. The average molecular weight is 517 g/mol. The van der Waals surface area contributed by atoms with E-state index < -0.39 is 0 Å². The van der Waals surface area contributed by atoms with Crippen LogP contribution >= 0.6 is 24.0 Å². The molecule has 3 saturated heterocycles. The Balaban J connectivity index is 0.00000240. The lowest BCUT2D eigenvalue weighted by atomic mass is 10.2. The number of fused-ring (bicyclic) bond motifs is 1. The molecule has 29 heavy (non-hydrogen) atoms. The number of para-hydroxylation sites is 1. The Morgan fingerprint density at radius 3 is 2.76 bits per heavy atom. The third-order valence-corrected chi connectivity index (χ3v) is 6.01. The number of ether oxygens (including phenoxy) is 1. The summed E-state index contributed by atoms with van der Waals surface area (Å²) in [4.78, 5) is 11.8. The fourth-order valence-corrected chi connectivity index (χ4v) is 4.48. The van der Waals surface area contributed by atoms with Crippen molar-refractivity contribution in [3.05, 3.63) is 30.1 Å². The topological polar surface area (TPSA) is 43.3 Å². The van der Waals surface area contributed by atoms with Gasteiger partial charge >= 0.3 is 0 Å². The second-order valence-corrected chi connectivity index (χ2v) is 7.87. The van der Waals surface area contributed by atoms with Crippen molar-refractivity contribution in [3.63, 3.8) is 0 Å². The molecule has 8 heteroatoms. The first-order valence-electron chi connectivity index (χ1n) is 10.6. The molecule has 3 fully saturated rings. The van der Waals surface area contributed by atoms with E-state index in [1.54, 1.807) is 6.07 Å². The molecule has 2 unspecified atom stereocenters. The van der Waals surface area contributed by atoms with Crippen molar-refractivity contribution in [3.8, 4) is 0 Å². The molecule has 3 heterocycles. The minimum atomic E-state index is -0.147. The molecule has 0 amide bonds. The summed E-state index contributed by atoms with van der Waals surface area (Å²) < 4.78 is 20.1. The zero-order chi connectivity index (χ0) is 19.3. The van der Waals surface area contributed by atoms with Crippen LogP contribution in [0, 0.1) is 5.82 Å². The van der Waals surface area contributed by atoms with Crippen LogP contribution in [0.5, 0.6) is 0 Å².